The van der Waals surface area contributed by atoms with Gasteiger partial charge in [-0.3, -0.25) is 0 Å². The lowest BCUT2D eigenvalue weighted by Crippen LogP contribution is -2.27. The number of aryl methyl sites for hydroxylation is 1. The highest BCUT2D eigenvalue weighted by Crippen LogP contribution is 2.18. The molecule has 0 amide bonds. The molecule has 0 saturated heterocycles. The maximum atomic E-state index is 4.65. The molecule has 0 bridgehead atoms. The maximum Gasteiger partial charge on any atom is 0.224 e. The molecule has 0 aliphatic rings. The monoisotopic (exact) mass is 250 g/mol. The fourth-order valence-electron chi connectivity index (χ4n) is 1.94. The van der Waals surface area contributed by atoms with Crippen LogP contribution in [0.1, 0.15) is 45.6 Å². The van der Waals surface area contributed by atoms with Gasteiger partial charge in [0, 0.05) is 31.4 Å². The lowest BCUT2D eigenvalue weighted by molar-refractivity contribution is 0.729. The molecular weight excluding hydrogens is 224 g/mol. The van der Waals surface area contributed by atoms with Crippen LogP contribution in [0.5, 0.6) is 0 Å². The molecule has 0 atom stereocenters. The van der Waals surface area contributed by atoms with Crippen molar-refractivity contribution >= 4 is 11.8 Å². The van der Waals surface area contributed by atoms with Gasteiger partial charge in [0.15, 0.2) is 0 Å². The topological polar surface area (TPSA) is 41.1 Å². The second kappa shape index (κ2) is 7.90. The minimum Gasteiger partial charge on any atom is -0.356 e. The smallest absolute Gasteiger partial charge is 0.224 e. The number of aromatic nitrogens is 2. The molecule has 0 aromatic carbocycles. The van der Waals surface area contributed by atoms with Crippen molar-refractivity contribution in [2.75, 3.05) is 29.9 Å². The van der Waals surface area contributed by atoms with Crippen LogP contribution in [0.3, 0.4) is 0 Å². The van der Waals surface area contributed by atoms with E-state index in [0.717, 1.165) is 56.2 Å². The number of hydrogen-bond acceptors (Lipinski definition) is 4. The molecule has 1 N–H and O–H groups in total. The van der Waals surface area contributed by atoms with Crippen molar-refractivity contribution in [3.05, 3.63) is 11.8 Å². The van der Waals surface area contributed by atoms with Crippen LogP contribution in [0.15, 0.2) is 6.20 Å². The number of rotatable bonds is 8. The van der Waals surface area contributed by atoms with E-state index in [1.807, 2.05) is 6.20 Å². The molecule has 18 heavy (non-hydrogen) atoms. The minimum absolute atomic E-state index is 0.745. The molecule has 0 unspecified atom stereocenters. The third kappa shape index (κ3) is 4.17. The second-order valence-corrected chi connectivity index (χ2v) is 4.61. The van der Waals surface area contributed by atoms with Crippen molar-refractivity contribution in [1.82, 2.24) is 9.97 Å². The van der Waals surface area contributed by atoms with E-state index in [0.29, 0.717) is 0 Å². The highest BCUT2D eigenvalue weighted by Gasteiger charge is 2.10. The van der Waals surface area contributed by atoms with Gasteiger partial charge in [-0.15, -0.1) is 0 Å². The van der Waals surface area contributed by atoms with E-state index in [9.17, 15) is 0 Å². The predicted octanol–water partition coefficient (Wildman–Crippen LogP) is 3.23. The summed E-state index contributed by atoms with van der Waals surface area (Å²) in [6, 6.07) is 0. The predicted molar refractivity (Wildman–Crippen MR) is 78.3 cm³/mol. The molecule has 0 aliphatic carbocycles. The summed E-state index contributed by atoms with van der Waals surface area (Å²) >= 11 is 0. The largest absolute Gasteiger partial charge is 0.356 e. The lowest BCUT2D eigenvalue weighted by atomic mass is 10.3. The zero-order valence-electron chi connectivity index (χ0n) is 12.2. The summed E-state index contributed by atoms with van der Waals surface area (Å²) in [5.41, 5.74) is 1.15. The van der Waals surface area contributed by atoms with Crippen LogP contribution in [-0.2, 0) is 0 Å². The second-order valence-electron chi connectivity index (χ2n) is 4.61. The average molecular weight is 250 g/mol. The highest BCUT2D eigenvalue weighted by molar-refractivity contribution is 5.48. The van der Waals surface area contributed by atoms with Crippen LogP contribution in [0.2, 0.25) is 0 Å². The number of hydrogen-bond donors (Lipinski definition) is 1. The molecule has 1 heterocycles. The van der Waals surface area contributed by atoms with Gasteiger partial charge in [0.1, 0.15) is 5.82 Å². The number of nitrogens with one attached hydrogen (secondary N) is 1. The summed E-state index contributed by atoms with van der Waals surface area (Å²) in [6.07, 6.45) is 5.28. The van der Waals surface area contributed by atoms with Crippen molar-refractivity contribution in [2.24, 2.45) is 0 Å². The summed E-state index contributed by atoms with van der Waals surface area (Å²) in [6.45, 7) is 11.7. The van der Waals surface area contributed by atoms with Gasteiger partial charge in [-0.05, 0) is 26.2 Å². The maximum absolute atomic E-state index is 4.65. The first-order chi connectivity index (χ1) is 8.72. The highest BCUT2D eigenvalue weighted by atomic mass is 15.2. The quantitative estimate of drug-likeness (QED) is 0.769. The molecule has 1 rings (SSSR count). The Morgan fingerprint density at radius 2 is 1.78 bits per heavy atom. The van der Waals surface area contributed by atoms with Crippen molar-refractivity contribution in [2.45, 2.75) is 47.0 Å². The van der Waals surface area contributed by atoms with Crippen LogP contribution in [-0.4, -0.2) is 29.6 Å². The first-order valence-corrected chi connectivity index (χ1v) is 7.05. The Morgan fingerprint density at radius 3 is 2.33 bits per heavy atom. The molecular formula is C14H26N4. The van der Waals surface area contributed by atoms with E-state index in [2.05, 4.69) is 47.9 Å². The van der Waals surface area contributed by atoms with Crippen LogP contribution in [0.25, 0.3) is 0 Å². The molecule has 0 fully saturated rings. The molecule has 0 saturated carbocycles. The third-order valence-corrected chi connectivity index (χ3v) is 2.76. The number of nitrogens with zero attached hydrogens (tertiary/aromatic N) is 3. The zero-order chi connectivity index (χ0) is 13.4. The van der Waals surface area contributed by atoms with Gasteiger partial charge in [0.25, 0.3) is 0 Å². The van der Waals surface area contributed by atoms with Crippen LogP contribution in [0, 0.1) is 6.92 Å². The van der Waals surface area contributed by atoms with Gasteiger partial charge in [0.05, 0.1) is 0 Å². The SMILES string of the molecule is CCCNc1ncc(C)c(N(CCC)CCC)n1. The van der Waals surface area contributed by atoms with Crippen molar-refractivity contribution < 1.29 is 0 Å². The Morgan fingerprint density at radius 1 is 1.11 bits per heavy atom. The van der Waals surface area contributed by atoms with Gasteiger partial charge in [-0.2, -0.15) is 4.98 Å². The Kier molecular flexibility index (Phi) is 6.47. The molecule has 0 spiro atoms. The molecule has 1 aromatic heterocycles. The minimum atomic E-state index is 0.745. The third-order valence-electron chi connectivity index (χ3n) is 2.76. The zero-order valence-corrected chi connectivity index (χ0v) is 12.2. The number of anilines is 2. The summed E-state index contributed by atoms with van der Waals surface area (Å²) in [4.78, 5) is 11.3. The Labute approximate surface area is 111 Å². The first kappa shape index (κ1) is 14.7. The van der Waals surface area contributed by atoms with Gasteiger partial charge in [-0.25, -0.2) is 4.98 Å². The van der Waals surface area contributed by atoms with E-state index in [4.69, 9.17) is 0 Å². The Bertz CT molecular complexity index is 346. The van der Waals surface area contributed by atoms with Crippen LogP contribution < -0.4 is 10.2 Å². The fourth-order valence-corrected chi connectivity index (χ4v) is 1.94. The van der Waals surface area contributed by atoms with Crippen LogP contribution >= 0.6 is 0 Å². The summed E-state index contributed by atoms with van der Waals surface area (Å²) in [7, 11) is 0. The molecule has 4 heteroatoms. The van der Waals surface area contributed by atoms with E-state index in [1.165, 1.54) is 0 Å². The summed E-state index contributed by atoms with van der Waals surface area (Å²) < 4.78 is 0. The van der Waals surface area contributed by atoms with Gasteiger partial charge >= 0.3 is 0 Å². The van der Waals surface area contributed by atoms with Gasteiger partial charge < -0.3 is 10.2 Å². The van der Waals surface area contributed by atoms with E-state index in [1.54, 1.807) is 0 Å². The van der Waals surface area contributed by atoms with Crippen LogP contribution in [0.4, 0.5) is 11.8 Å². The van der Waals surface area contributed by atoms with E-state index >= 15 is 0 Å². The van der Waals surface area contributed by atoms with E-state index in [-0.39, 0.29) is 0 Å². The Balaban J connectivity index is 2.88. The van der Waals surface area contributed by atoms with Gasteiger partial charge in [-0.1, -0.05) is 20.8 Å². The molecule has 0 radical (unpaired) electrons. The van der Waals surface area contributed by atoms with Crippen molar-refractivity contribution in [1.29, 1.82) is 0 Å². The lowest BCUT2D eigenvalue weighted by Gasteiger charge is -2.24. The van der Waals surface area contributed by atoms with Gasteiger partial charge in [0.2, 0.25) is 5.95 Å². The molecule has 1 aromatic rings. The average Bonchev–Trinajstić information content (AvgIpc) is 2.37. The first-order valence-electron chi connectivity index (χ1n) is 7.05. The Hall–Kier alpha value is -1.32. The standard InChI is InChI=1S/C14H26N4/c1-5-8-15-14-16-11-12(4)13(17-14)18(9-6-2)10-7-3/h11H,5-10H2,1-4H3,(H,15,16,17). The molecule has 0 aliphatic heterocycles. The summed E-state index contributed by atoms with van der Waals surface area (Å²) in [5, 5.41) is 3.25. The summed E-state index contributed by atoms with van der Waals surface area (Å²) in [5.74, 6) is 1.82. The van der Waals surface area contributed by atoms with E-state index < -0.39 is 0 Å². The molecule has 102 valence electrons. The van der Waals surface area contributed by atoms with Crippen molar-refractivity contribution in [3.8, 4) is 0 Å². The fraction of sp³-hybridized carbons (Fsp3) is 0.714. The molecule has 4 nitrogen and oxygen atoms in total. The van der Waals surface area contributed by atoms with Crippen molar-refractivity contribution in [3.63, 3.8) is 0 Å². The normalized spacial score (nSPS) is 10.4.